The maximum Gasteiger partial charge on any atom is 0.326 e. The molecule has 8 unspecified atom stereocenters. The number of aromatic nitrogens is 1. The summed E-state index contributed by atoms with van der Waals surface area (Å²) in [6.07, 6.45) is -0.563. The number of amides is 7. The Balaban J connectivity index is 1.75. The number of H-pyrrole nitrogens is 1. The molecule has 74 heavy (non-hydrogen) atoms. The van der Waals surface area contributed by atoms with Gasteiger partial charge >= 0.3 is 5.97 Å². The Morgan fingerprint density at radius 2 is 1.36 bits per heavy atom. The number of aliphatic hydroxyl groups is 1. The molecule has 404 valence electrons. The molecule has 21 N–H and O–H groups in total. The van der Waals surface area contributed by atoms with E-state index in [0.29, 0.717) is 11.1 Å². The van der Waals surface area contributed by atoms with Gasteiger partial charge in [0, 0.05) is 62.9 Å². The summed E-state index contributed by atoms with van der Waals surface area (Å²) in [6.45, 7) is 1.26. The number of carbonyl (C=O) groups excluding carboxylic acids is 7. The Bertz CT molecular complexity index is 2430. The molecule has 4 rings (SSSR count). The fourth-order valence-corrected chi connectivity index (χ4v) is 8.21. The Kier molecular flexibility index (Phi) is 24.0. The van der Waals surface area contributed by atoms with Crippen molar-refractivity contribution in [2.45, 2.75) is 126 Å². The number of hydrogen-bond donors (Lipinski definition) is 16. The second-order valence-electron chi connectivity index (χ2n) is 17.9. The van der Waals surface area contributed by atoms with Crippen LogP contribution in [0.3, 0.4) is 0 Å². The summed E-state index contributed by atoms with van der Waals surface area (Å²) >= 11 is 0. The molecule has 0 saturated carbocycles. The van der Waals surface area contributed by atoms with Crippen LogP contribution in [0.15, 0.2) is 70.8 Å². The number of para-hydroxylation sites is 1. The van der Waals surface area contributed by atoms with Crippen LogP contribution in [0.5, 0.6) is 0 Å². The largest absolute Gasteiger partial charge is 0.480 e. The summed E-state index contributed by atoms with van der Waals surface area (Å²) in [5.74, 6) is -6.89. The lowest BCUT2D eigenvalue weighted by Crippen LogP contribution is -2.61. The average molecular weight is 1030 g/mol. The number of fused-ring (bicyclic) bond motifs is 1. The number of aromatic amines is 1. The van der Waals surface area contributed by atoms with Crippen molar-refractivity contribution in [2.75, 3.05) is 26.2 Å². The van der Waals surface area contributed by atoms with Crippen molar-refractivity contribution in [2.24, 2.45) is 38.7 Å². The lowest BCUT2D eigenvalue weighted by atomic mass is 10.0. The number of carbonyl (C=O) groups is 8. The van der Waals surface area contributed by atoms with E-state index in [-0.39, 0.29) is 109 Å². The van der Waals surface area contributed by atoms with E-state index in [9.17, 15) is 48.6 Å². The molecule has 0 spiro atoms. The van der Waals surface area contributed by atoms with Crippen LogP contribution in [0, 0.1) is 0 Å². The van der Waals surface area contributed by atoms with Gasteiger partial charge in [0.05, 0.1) is 12.1 Å². The normalized spacial score (nSPS) is 22.3. The average Bonchev–Trinajstić information content (AvgIpc) is 3.76. The van der Waals surface area contributed by atoms with Gasteiger partial charge in [-0.15, -0.1) is 0 Å². The maximum atomic E-state index is 14.6. The van der Waals surface area contributed by atoms with E-state index < -0.39 is 95.8 Å². The first kappa shape index (κ1) is 58.7. The standard InChI is InChI=1S/C48H72N16O10/c1-27(65)58-32(14-7-22-55-47(50)51)40(67)60-34-17-18-39(66)54-21-9-16-36(46(73)74)62-45(72)38(25-29-26-57-31-13-6-5-12-30(29)31)64-41(68)33(15-8-23-56-48(52)53)59-44(71)37(24-28-10-3-2-4-11-28)63-43(70)35(19-20-49)61-42(34)69/h2-6,10-13,26,32-38,42,57,61,69H,7-9,14-25,49H2,1H3,(H,54,66)(H,58,65)(H,59,71)(H,60,67)(H,62,72)(H,63,70)(H,64,68)(H,73,74)(H4,50,51,55)(H4,52,53,56). The number of aliphatic imine (C=N–C) groups is 2. The molecule has 1 saturated heterocycles. The molecule has 2 aromatic carbocycles. The van der Waals surface area contributed by atoms with Gasteiger partial charge in [0.1, 0.15) is 36.4 Å². The molecular formula is C48H72N16O10. The zero-order valence-corrected chi connectivity index (χ0v) is 41.4. The minimum Gasteiger partial charge on any atom is -0.480 e. The highest BCUT2D eigenvalue weighted by atomic mass is 16.4. The van der Waals surface area contributed by atoms with E-state index >= 15 is 0 Å². The van der Waals surface area contributed by atoms with Crippen molar-refractivity contribution in [1.29, 1.82) is 0 Å². The van der Waals surface area contributed by atoms with Gasteiger partial charge in [0.2, 0.25) is 41.4 Å². The van der Waals surface area contributed by atoms with Crippen LogP contribution in [-0.4, -0.2) is 149 Å². The van der Waals surface area contributed by atoms with Crippen molar-refractivity contribution in [3.05, 3.63) is 71.9 Å². The summed E-state index contributed by atoms with van der Waals surface area (Å²) in [7, 11) is 0. The Hall–Kier alpha value is -7.84. The molecule has 26 nitrogen and oxygen atoms in total. The Morgan fingerprint density at radius 1 is 0.757 bits per heavy atom. The van der Waals surface area contributed by atoms with Crippen LogP contribution >= 0.6 is 0 Å². The van der Waals surface area contributed by atoms with Crippen molar-refractivity contribution < 1.29 is 48.6 Å². The van der Waals surface area contributed by atoms with Gasteiger partial charge in [-0.25, -0.2) is 4.79 Å². The zero-order chi connectivity index (χ0) is 54.2. The van der Waals surface area contributed by atoms with Crippen LogP contribution in [0.25, 0.3) is 10.9 Å². The van der Waals surface area contributed by atoms with Gasteiger partial charge in [-0.3, -0.25) is 48.9 Å². The van der Waals surface area contributed by atoms with Gasteiger partial charge in [-0.2, -0.15) is 0 Å². The van der Waals surface area contributed by atoms with E-state index in [1.165, 1.54) is 6.92 Å². The molecule has 2 heterocycles. The van der Waals surface area contributed by atoms with Crippen LogP contribution in [0.1, 0.15) is 75.8 Å². The van der Waals surface area contributed by atoms with Gasteiger partial charge in [0.15, 0.2) is 11.9 Å². The van der Waals surface area contributed by atoms with E-state index in [1.807, 2.05) is 18.2 Å². The fourth-order valence-electron chi connectivity index (χ4n) is 8.21. The lowest BCUT2D eigenvalue weighted by Gasteiger charge is -2.31. The number of aliphatic hydroxyl groups excluding tert-OH is 1. The van der Waals surface area contributed by atoms with Crippen molar-refractivity contribution in [3.63, 3.8) is 0 Å². The second-order valence-corrected chi connectivity index (χ2v) is 17.9. The number of nitrogens with two attached hydrogens (primary N) is 5. The molecule has 8 atom stereocenters. The number of benzene rings is 2. The molecule has 7 amide bonds. The lowest BCUT2D eigenvalue weighted by molar-refractivity contribution is -0.142. The van der Waals surface area contributed by atoms with Crippen molar-refractivity contribution in [1.82, 2.24) is 47.5 Å². The number of carboxylic acid groups (broad SMARTS) is 1. The molecular weight excluding hydrogens is 961 g/mol. The quantitative estimate of drug-likeness (QED) is 0.0332. The first-order valence-electron chi connectivity index (χ1n) is 24.5. The predicted octanol–water partition coefficient (Wildman–Crippen LogP) is -3.61. The molecule has 1 fully saturated rings. The molecule has 0 radical (unpaired) electrons. The van der Waals surface area contributed by atoms with Crippen LogP contribution in [-0.2, 0) is 51.2 Å². The number of rotatable bonds is 18. The number of carboxylic acids is 1. The third kappa shape index (κ3) is 20.0. The van der Waals surface area contributed by atoms with Gasteiger partial charge in [0.25, 0.3) is 0 Å². The number of nitrogens with zero attached hydrogens (tertiary/aromatic N) is 2. The Labute approximate surface area is 428 Å². The SMILES string of the molecule is CC(=O)NC(CCCN=C(N)N)C(=O)NC1CCC(=O)NCCCC(C(=O)O)NC(=O)C(Cc2c[nH]c3ccccc23)NC(=O)C(CCCN=C(N)N)NC(=O)C(Cc2ccccc2)NC(=O)C(CCN)NC1O. The Morgan fingerprint density at radius 3 is 2.03 bits per heavy atom. The monoisotopic (exact) mass is 1030 g/mol. The third-order valence-corrected chi connectivity index (χ3v) is 12.0. The molecule has 1 aliphatic rings. The van der Waals surface area contributed by atoms with Crippen LogP contribution in [0.4, 0.5) is 0 Å². The minimum absolute atomic E-state index is 0.0453. The molecule has 0 bridgehead atoms. The minimum atomic E-state index is -1.74. The summed E-state index contributed by atoms with van der Waals surface area (Å²) in [5, 5.41) is 44.2. The van der Waals surface area contributed by atoms with E-state index in [1.54, 1.807) is 42.6 Å². The van der Waals surface area contributed by atoms with E-state index in [0.717, 1.165) is 10.9 Å². The summed E-state index contributed by atoms with van der Waals surface area (Å²) < 4.78 is 0. The molecule has 1 aromatic heterocycles. The second kappa shape index (κ2) is 30.3. The first-order valence-corrected chi connectivity index (χ1v) is 24.5. The van der Waals surface area contributed by atoms with E-state index in [2.05, 4.69) is 57.5 Å². The first-order chi connectivity index (χ1) is 35.3. The fraction of sp³-hybridized carbons (Fsp3) is 0.500. The maximum absolute atomic E-state index is 14.6. The molecule has 1 aliphatic heterocycles. The van der Waals surface area contributed by atoms with E-state index in [4.69, 9.17) is 28.7 Å². The number of nitrogens with one attached hydrogen (secondary N) is 9. The predicted molar refractivity (Wildman–Crippen MR) is 275 cm³/mol. The van der Waals surface area contributed by atoms with Gasteiger partial charge in [-0.1, -0.05) is 48.5 Å². The van der Waals surface area contributed by atoms with Crippen molar-refractivity contribution >= 4 is 70.1 Å². The van der Waals surface area contributed by atoms with Crippen LogP contribution < -0.4 is 71.2 Å². The van der Waals surface area contributed by atoms with Gasteiger partial charge < -0.3 is 81.1 Å². The highest BCUT2D eigenvalue weighted by Gasteiger charge is 2.35. The zero-order valence-electron chi connectivity index (χ0n) is 41.4. The van der Waals surface area contributed by atoms with Gasteiger partial charge in [-0.05, 0) is 75.1 Å². The van der Waals surface area contributed by atoms with Crippen LogP contribution in [0.2, 0.25) is 0 Å². The summed E-state index contributed by atoms with van der Waals surface area (Å²) in [5.41, 5.74) is 29.9. The highest BCUT2D eigenvalue weighted by Crippen LogP contribution is 2.20. The highest BCUT2D eigenvalue weighted by molar-refractivity contribution is 5.96. The summed E-state index contributed by atoms with van der Waals surface area (Å²) in [6, 6.07) is 6.55. The topological polar surface area (TPSA) is 444 Å². The molecule has 26 heteroatoms. The summed E-state index contributed by atoms with van der Waals surface area (Å²) in [4.78, 5) is 121. The van der Waals surface area contributed by atoms with Crippen molar-refractivity contribution in [3.8, 4) is 0 Å². The molecule has 3 aromatic rings. The molecule has 0 aliphatic carbocycles. The third-order valence-electron chi connectivity index (χ3n) is 12.0. The number of aliphatic carboxylic acids is 1. The number of hydrogen-bond acceptors (Lipinski definition) is 13. The number of guanidine groups is 2. The smallest absolute Gasteiger partial charge is 0.326 e.